The van der Waals surface area contributed by atoms with Crippen LogP contribution in [-0.4, -0.2) is 95.8 Å². The lowest BCUT2D eigenvalue weighted by molar-refractivity contribution is -0.140. The van der Waals surface area contributed by atoms with E-state index in [1.807, 2.05) is 30.1 Å². The summed E-state index contributed by atoms with van der Waals surface area (Å²) in [5, 5.41) is 19.8. The first-order valence-electron chi connectivity index (χ1n) is 14.3. The third-order valence-corrected chi connectivity index (χ3v) is 8.49. The molecule has 238 valence electrons. The van der Waals surface area contributed by atoms with Crippen molar-refractivity contribution in [2.45, 2.75) is 31.7 Å². The van der Waals surface area contributed by atoms with Gasteiger partial charge < -0.3 is 30.9 Å². The zero-order valence-electron chi connectivity index (χ0n) is 24.5. The number of carboxylic acid groups (broad SMARTS) is 1. The average molecular weight is 649 g/mol. The molecule has 3 heterocycles. The van der Waals surface area contributed by atoms with E-state index in [2.05, 4.69) is 5.32 Å². The summed E-state index contributed by atoms with van der Waals surface area (Å²) in [6, 6.07) is 10.6. The molecule has 0 radical (unpaired) electrons. The molecule has 44 heavy (non-hydrogen) atoms. The van der Waals surface area contributed by atoms with Crippen LogP contribution in [0, 0.1) is 11.3 Å². The van der Waals surface area contributed by atoms with Gasteiger partial charge in [-0.3, -0.25) is 24.7 Å². The van der Waals surface area contributed by atoms with E-state index in [1.165, 1.54) is 24.3 Å². The zero-order chi connectivity index (χ0) is 30.0. The van der Waals surface area contributed by atoms with Gasteiger partial charge >= 0.3 is 5.97 Å². The Labute approximate surface area is 268 Å². The van der Waals surface area contributed by atoms with Crippen molar-refractivity contribution in [2.24, 2.45) is 11.7 Å². The number of rotatable bonds is 6. The monoisotopic (exact) mass is 647 g/mol. The van der Waals surface area contributed by atoms with Gasteiger partial charge in [-0.05, 0) is 73.7 Å². The molecule has 5 rings (SSSR count). The van der Waals surface area contributed by atoms with Gasteiger partial charge in [-0.1, -0.05) is 12.1 Å². The standard InChI is InChI=1S/C30H37N7O5.2ClH/c1-34-15-16-36(26(39)18-34)24-4-2-3-23-22(24)11-14-37(25(38)17-19-9-12-35(13-10-19)30(31)32)27(23)28(40)33-21-7-5-20(6-8-21)29(41)42;;/h2-8,19,27H,9-18H2,1H3,(H3,31,32)(H,33,40)(H,41,42);2*1H/t27-;;/m0../s1. The topological polar surface area (TPSA) is 163 Å². The fourth-order valence-electron chi connectivity index (χ4n) is 6.15. The minimum absolute atomic E-state index is 0. The quantitative estimate of drug-likeness (QED) is 0.274. The van der Waals surface area contributed by atoms with Crippen LogP contribution in [0.2, 0.25) is 0 Å². The molecule has 0 aliphatic carbocycles. The summed E-state index contributed by atoms with van der Waals surface area (Å²) in [5.41, 5.74) is 8.50. The number of amides is 3. The van der Waals surface area contributed by atoms with Crippen molar-refractivity contribution in [3.8, 4) is 0 Å². The summed E-state index contributed by atoms with van der Waals surface area (Å²) in [5.74, 6) is -1.44. The number of likely N-dealkylation sites (N-methyl/N-ethyl adjacent to an activating group) is 1. The molecular weight excluding hydrogens is 609 g/mol. The lowest BCUT2D eigenvalue weighted by atomic mass is 9.88. The van der Waals surface area contributed by atoms with Crippen LogP contribution in [0.3, 0.4) is 0 Å². The number of nitrogens with one attached hydrogen (secondary N) is 2. The zero-order valence-corrected chi connectivity index (χ0v) is 26.2. The number of guanidine groups is 1. The van der Waals surface area contributed by atoms with Gasteiger partial charge in [-0.15, -0.1) is 24.8 Å². The number of carbonyl (C=O) groups is 4. The Morgan fingerprint density at radius 2 is 1.68 bits per heavy atom. The highest BCUT2D eigenvalue weighted by Gasteiger charge is 2.39. The lowest BCUT2D eigenvalue weighted by Gasteiger charge is -2.40. The van der Waals surface area contributed by atoms with Crippen LogP contribution >= 0.6 is 24.8 Å². The van der Waals surface area contributed by atoms with Crippen LogP contribution in [0.25, 0.3) is 0 Å². The number of piperazine rings is 1. The number of benzene rings is 2. The van der Waals surface area contributed by atoms with Crippen LogP contribution in [-0.2, 0) is 20.8 Å². The molecule has 3 aliphatic heterocycles. The summed E-state index contributed by atoms with van der Waals surface area (Å²) in [6.45, 7) is 3.16. The number of anilines is 2. The molecule has 1 atom stereocenters. The number of halogens is 2. The fourth-order valence-corrected chi connectivity index (χ4v) is 6.15. The van der Waals surface area contributed by atoms with Crippen LogP contribution in [0.1, 0.15) is 46.8 Å². The van der Waals surface area contributed by atoms with E-state index in [1.54, 1.807) is 14.7 Å². The smallest absolute Gasteiger partial charge is 0.335 e. The maximum absolute atomic E-state index is 13.9. The Morgan fingerprint density at radius 3 is 2.30 bits per heavy atom. The number of piperidine rings is 1. The number of fused-ring (bicyclic) bond motifs is 1. The van der Waals surface area contributed by atoms with Crippen molar-refractivity contribution in [2.75, 3.05) is 56.5 Å². The Bertz CT molecular complexity index is 1400. The molecule has 3 aliphatic rings. The van der Waals surface area contributed by atoms with Gasteiger partial charge in [-0.25, -0.2) is 4.79 Å². The van der Waals surface area contributed by atoms with E-state index < -0.39 is 17.9 Å². The maximum atomic E-state index is 13.9. The Balaban J connectivity index is 0.00000264. The molecule has 2 aromatic rings. The second-order valence-corrected chi connectivity index (χ2v) is 11.3. The molecule has 12 nitrogen and oxygen atoms in total. The Hall–Kier alpha value is -3.87. The normalized spacial score (nSPS) is 18.9. The SMILES string of the molecule is CN1CCN(c2cccc3c2CCN(C(=O)CC2CCN(C(=N)N)CC2)[C@@H]3C(=O)Nc2ccc(C(=O)O)cc2)C(=O)C1.Cl.Cl. The van der Waals surface area contributed by atoms with Crippen molar-refractivity contribution in [1.29, 1.82) is 5.41 Å². The molecule has 2 saturated heterocycles. The summed E-state index contributed by atoms with van der Waals surface area (Å²) in [6.07, 6.45) is 2.27. The molecular formula is C30H39Cl2N7O5. The van der Waals surface area contributed by atoms with Gasteiger partial charge in [0.1, 0.15) is 6.04 Å². The summed E-state index contributed by atoms with van der Waals surface area (Å²) in [4.78, 5) is 59.1. The predicted molar refractivity (Wildman–Crippen MR) is 172 cm³/mol. The number of carboxylic acids is 1. The molecule has 2 fully saturated rings. The van der Waals surface area contributed by atoms with E-state index >= 15 is 0 Å². The summed E-state index contributed by atoms with van der Waals surface area (Å²) >= 11 is 0. The molecule has 3 amide bonds. The highest BCUT2D eigenvalue weighted by atomic mass is 35.5. The van der Waals surface area contributed by atoms with Gasteiger partial charge in [0.15, 0.2) is 5.96 Å². The second kappa shape index (κ2) is 14.7. The van der Waals surface area contributed by atoms with E-state index in [0.717, 1.165) is 30.6 Å². The number of hydrogen-bond donors (Lipinski definition) is 4. The molecule has 2 aromatic carbocycles. The first kappa shape index (κ1) is 34.6. The number of nitrogens with zero attached hydrogens (tertiary/aromatic N) is 4. The first-order chi connectivity index (χ1) is 20.1. The number of carbonyl (C=O) groups excluding carboxylic acids is 3. The molecule has 5 N–H and O–H groups in total. The summed E-state index contributed by atoms with van der Waals surface area (Å²) in [7, 11) is 1.91. The molecule has 0 unspecified atom stereocenters. The van der Waals surface area contributed by atoms with Crippen LogP contribution < -0.4 is 16.0 Å². The van der Waals surface area contributed by atoms with E-state index in [-0.39, 0.29) is 60.5 Å². The number of aromatic carboxylic acids is 1. The minimum atomic E-state index is -1.06. The van der Waals surface area contributed by atoms with Crippen LogP contribution in [0.4, 0.5) is 11.4 Å². The minimum Gasteiger partial charge on any atom is -0.478 e. The lowest BCUT2D eigenvalue weighted by Crippen LogP contribution is -2.50. The maximum Gasteiger partial charge on any atom is 0.335 e. The van der Waals surface area contributed by atoms with Gasteiger partial charge in [0.2, 0.25) is 11.8 Å². The molecule has 0 aromatic heterocycles. The first-order valence-corrected chi connectivity index (χ1v) is 14.3. The highest BCUT2D eigenvalue weighted by molar-refractivity contribution is 6.00. The Morgan fingerprint density at radius 1 is 1.00 bits per heavy atom. The van der Waals surface area contributed by atoms with Crippen LogP contribution in [0.5, 0.6) is 0 Å². The molecule has 0 saturated carbocycles. The largest absolute Gasteiger partial charge is 0.478 e. The van der Waals surface area contributed by atoms with Crippen molar-refractivity contribution in [3.63, 3.8) is 0 Å². The van der Waals surface area contributed by atoms with E-state index in [9.17, 15) is 24.3 Å². The van der Waals surface area contributed by atoms with E-state index in [0.29, 0.717) is 50.4 Å². The van der Waals surface area contributed by atoms with Gasteiger partial charge in [0.05, 0.1) is 12.1 Å². The fraction of sp³-hybridized carbons (Fsp3) is 0.433. The predicted octanol–water partition coefficient (Wildman–Crippen LogP) is 2.57. The third kappa shape index (κ3) is 7.43. The number of hydrogen-bond acceptors (Lipinski definition) is 6. The van der Waals surface area contributed by atoms with Gasteiger partial charge in [0, 0.05) is 50.5 Å². The number of nitrogens with two attached hydrogens (primary N) is 1. The van der Waals surface area contributed by atoms with Crippen molar-refractivity contribution < 1.29 is 24.3 Å². The van der Waals surface area contributed by atoms with Crippen molar-refractivity contribution >= 4 is 65.8 Å². The molecule has 0 spiro atoms. The second-order valence-electron chi connectivity index (χ2n) is 11.3. The molecule has 14 heteroatoms. The third-order valence-electron chi connectivity index (χ3n) is 8.49. The van der Waals surface area contributed by atoms with Crippen molar-refractivity contribution in [3.05, 3.63) is 59.2 Å². The highest BCUT2D eigenvalue weighted by Crippen LogP contribution is 2.38. The van der Waals surface area contributed by atoms with Crippen molar-refractivity contribution in [1.82, 2.24) is 14.7 Å². The molecule has 0 bridgehead atoms. The number of likely N-dealkylation sites (tertiary alicyclic amines) is 1. The summed E-state index contributed by atoms with van der Waals surface area (Å²) < 4.78 is 0. The Kier molecular flexibility index (Phi) is 11.6. The van der Waals surface area contributed by atoms with E-state index in [4.69, 9.17) is 11.1 Å². The van der Waals surface area contributed by atoms with Crippen LogP contribution in [0.15, 0.2) is 42.5 Å². The van der Waals surface area contributed by atoms with Gasteiger partial charge in [0.25, 0.3) is 5.91 Å². The average Bonchev–Trinajstić information content (AvgIpc) is 2.97. The van der Waals surface area contributed by atoms with Gasteiger partial charge in [-0.2, -0.15) is 0 Å².